The molecule has 0 spiro atoms. The van der Waals surface area contributed by atoms with E-state index >= 15 is 0 Å². The summed E-state index contributed by atoms with van der Waals surface area (Å²) in [4.78, 5) is 19.1. The maximum Gasteiger partial charge on any atom is 0.310 e. The van der Waals surface area contributed by atoms with Crippen LogP contribution in [-0.2, 0) is 11.3 Å². The molecule has 0 amide bonds. The van der Waals surface area contributed by atoms with Crippen LogP contribution in [0.1, 0.15) is 25.5 Å². The summed E-state index contributed by atoms with van der Waals surface area (Å²) in [6, 6.07) is 3.94. The summed E-state index contributed by atoms with van der Waals surface area (Å²) in [5.74, 6) is -0.0499. The Hall–Kier alpha value is -1.66. The fraction of sp³-hybridized carbons (Fsp3) is 0.467. The zero-order valence-electron chi connectivity index (χ0n) is 11.9. The SMILES string of the molecule is CCC1(C(=O)O)CCN(Cc2coc(-c3cccs3)n2)C1. The normalized spacial score (nSPS) is 22.7. The van der Waals surface area contributed by atoms with Crippen molar-refractivity contribution in [3.8, 4) is 10.8 Å². The van der Waals surface area contributed by atoms with Gasteiger partial charge in [-0.25, -0.2) is 4.98 Å². The van der Waals surface area contributed by atoms with Gasteiger partial charge in [0.1, 0.15) is 6.26 Å². The number of aromatic nitrogens is 1. The van der Waals surface area contributed by atoms with E-state index in [0.29, 0.717) is 31.8 Å². The van der Waals surface area contributed by atoms with E-state index in [-0.39, 0.29) is 0 Å². The second kappa shape index (κ2) is 5.61. The van der Waals surface area contributed by atoms with Crippen LogP contribution in [0.25, 0.3) is 10.8 Å². The zero-order valence-corrected chi connectivity index (χ0v) is 12.7. The molecule has 0 bridgehead atoms. The largest absolute Gasteiger partial charge is 0.481 e. The van der Waals surface area contributed by atoms with Crippen LogP contribution < -0.4 is 0 Å². The van der Waals surface area contributed by atoms with Crippen molar-refractivity contribution in [2.45, 2.75) is 26.3 Å². The Morgan fingerprint density at radius 2 is 2.48 bits per heavy atom. The molecule has 3 rings (SSSR count). The number of carboxylic acids is 1. The quantitative estimate of drug-likeness (QED) is 0.919. The highest BCUT2D eigenvalue weighted by Gasteiger charge is 2.43. The van der Waals surface area contributed by atoms with Crippen LogP contribution in [0, 0.1) is 5.41 Å². The number of carbonyl (C=O) groups is 1. The average molecular weight is 306 g/mol. The molecular formula is C15H18N2O3S. The Balaban J connectivity index is 1.67. The molecule has 2 aromatic rings. The van der Waals surface area contributed by atoms with Gasteiger partial charge in [-0.2, -0.15) is 0 Å². The number of hydrogen-bond acceptors (Lipinski definition) is 5. The van der Waals surface area contributed by atoms with Gasteiger partial charge >= 0.3 is 5.97 Å². The van der Waals surface area contributed by atoms with E-state index in [1.165, 1.54) is 0 Å². The lowest BCUT2D eigenvalue weighted by molar-refractivity contribution is -0.148. The van der Waals surface area contributed by atoms with E-state index in [0.717, 1.165) is 17.1 Å². The molecule has 1 fully saturated rings. The zero-order chi connectivity index (χ0) is 14.9. The summed E-state index contributed by atoms with van der Waals surface area (Å²) in [5, 5.41) is 11.4. The van der Waals surface area contributed by atoms with E-state index < -0.39 is 11.4 Å². The third-order valence-electron chi connectivity index (χ3n) is 4.23. The van der Waals surface area contributed by atoms with E-state index in [1.54, 1.807) is 17.6 Å². The fourth-order valence-electron chi connectivity index (χ4n) is 2.83. The van der Waals surface area contributed by atoms with E-state index in [4.69, 9.17) is 4.42 Å². The number of carboxylic acid groups (broad SMARTS) is 1. The Kier molecular flexibility index (Phi) is 3.82. The summed E-state index contributed by atoms with van der Waals surface area (Å²) >= 11 is 1.59. The van der Waals surface area contributed by atoms with Crippen LogP contribution in [0.15, 0.2) is 28.2 Å². The minimum absolute atomic E-state index is 0.583. The molecule has 0 radical (unpaired) electrons. The molecule has 0 aromatic carbocycles. The molecule has 1 N–H and O–H groups in total. The summed E-state index contributed by atoms with van der Waals surface area (Å²) in [7, 11) is 0. The van der Waals surface area contributed by atoms with Gasteiger partial charge in [0.2, 0.25) is 5.89 Å². The van der Waals surface area contributed by atoms with Gasteiger partial charge in [0.15, 0.2) is 0 Å². The minimum Gasteiger partial charge on any atom is -0.481 e. The van der Waals surface area contributed by atoms with Gasteiger partial charge < -0.3 is 9.52 Å². The molecular weight excluding hydrogens is 288 g/mol. The Morgan fingerprint density at radius 3 is 3.10 bits per heavy atom. The molecule has 1 atom stereocenters. The van der Waals surface area contributed by atoms with Crippen molar-refractivity contribution in [3.05, 3.63) is 29.5 Å². The molecule has 1 aliphatic heterocycles. The standard InChI is InChI=1S/C15H18N2O3S/c1-2-15(14(18)19)5-6-17(10-15)8-11-9-20-13(16-11)12-4-3-7-21-12/h3-4,7,9H,2,5-6,8,10H2,1H3,(H,18,19). The van der Waals surface area contributed by atoms with Crippen LogP contribution in [0.4, 0.5) is 0 Å². The topological polar surface area (TPSA) is 66.6 Å². The predicted octanol–water partition coefficient (Wildman–Crippen LogP) is 3.09. The van der Waals surface area contributed by atoms with Crippen molar-refractivity contribution in [1.82, 2.24) is 9.88 Å². The van der Waals surface area contributed by atoms with Crippen molar-refractivity contribution in [1.29, 1.82) is 0 Å². The highest BCUT2D eigenvalue weighted by atomic mass is 32.1. The first-order valence-electron chi connectivity index (χ1n) is 7.07. The molecule has 1 aliphatic rings. The first kappa shape index (κ1) is 14.3. The molecule has 6 heteroatoms. The fourth-order valence-corrected chi connectivity index (χ4v) is 3.49. The first-order valence-corrected chi connectivity index (χ1v) is 7.95. The third kappa shape index (κ3) is 2.73. The smallest absolute Gasteiger partial charge is 0.310 e. The molecule has 0 saturated carbocycles. The van der Waals surface area contributed by atoms with Gasteiger partial charge in [-0.1, -0.05) is 13.0 Å². The number of hydrogen-bond donors (Lipinski definition) is 1. The van der Waals surface area contributed by atoms with Crippen LogP contribution in [0.5, 0.6) is 0 Å². The number of rotatable bonds is 5. The maximum absolute atomic E-state index is 11.5. The molecule has 5 nitrogen and oxygen atoms in total. The van der Waals surface area contributed by atoms with Crippen LogP contribution in [-0.4, -0.2) is 34.0 Å². The van der Waals surface area contributed by atoms with Crippen molar-refractivity contribution < 1.29 is 14.3 Å². The summed E-state index contributed by atoms with van der Waals surface area (Å²) in [6.07, 6.45) is 3.04. The molecule has 1 unspecified atom stereocenters. The molecule has 3 heterocycles. The van der Waals surface area contributed by atoms with E-state index in [9.17, 15) is 9.90 Å². The number of likely N-dealkylation sites (tertiary alicyclic amines) is 1. The second-order valence-corrected chi connectivity index (χ2v) is 6.47. The first-order chi connectivity index (χ1) is 10.1. The van der Waals surface area contributed by atoms with Crippen LogP contribution in [0.2, 0.25) is 0 Å². The highest BCUT2D eigenvalue weighted by Crippen LogP contribution is 2.35. The summed E-state index contributed by atoms with van der Waals surface area (Å²) in [6.45, 7) is 3.97. The van der Waals surface area contributed by atoms with Gasteiger partial charge in [0.05, 0.1) is 16.0 Å². The van der Waals surface area contributed by atoms with Gasteiger partial charge in [0, 0.05) is 13.1 Å². The number of thiophene rings is 1. The number of aliphatic carboxylic acids is 1. The van der Waals surface area contributed by atoms with E-state index in [1.807, 2.05) is 24.4 Å². The monoisotopic (exact) mass is 306 g/mol. The van der Waals surface area contributed by atoms with Gasteiger partial charge in [-0.05, 0) is 30.8 Å². The second-order valence-electron chi connectivity index (χ2n) is 5.52. The molecule has 0 aliphatic carbocycles. The molecule has 1 saturated heterocycles. The Bertz CT molecular complexity index is 623. The van der Waals surface area contributed by atoms with Gasteiger partial charge in [-0.3, -0.25) is 9.69 Å². The molecule has 112 valence electrons. The van der Waals surface area contributed by atoms with Crippen molar-refractivity contribution in [2.24, 2.45) is 5.41 Å². The molecule has 2 aromatic heterocycles. The Labute approximate surface area is 127 Å². The number of nitrogens with zero attached hydrogens (tertiary/aromatic N) is 2. The van der Waals surface area contributed by atoms with Crippen molar-refractivity contribution >= 4 is 17.3 Å². The molecule has 21 heavy (non-hydrogen) atoms. The lowest BCUT2D eigenvalue weighted by atomic mass is 9.84. The average Bonchev–Trinajstić information content (AvgIpc) is 3.19. The lowest BCUT2D eigenvalue weighted by Crippen LogP contribution is -2.33. The van der Waals surface area contributed by atoms with Gasteiger partial charge in [-0.15, -0.1) is 11.3 Å². The third-order valence-corrected chi connectivity index (χ3v) is 5.09. The number of oxazole rings is 1. The maximum atomic E-state index is 11.5. The minimum atomic E-state index is -0.688. The Morgan fingerprint density at radius 1 is 1.62 bits per heavy atom. The summed E-state index contributed by atoms with van der Waals surface area (Å²) < 4.78 is 5.50. The lowest BCUT2D eigenvalue weighted by Gasteiger charge is -2.22. The summed E-state index contributed by atoms with van der Waals surface area (Å²) in [5.41, 5.74) is 0.260. The predicted molar refractivity (Wildman–Crippen MR) is 80.1 cm³/mol. The van der Waals surface area contributed by atoms with E-state index in [2.05, 4.69) is 9.88 Å². The van der Waals surface area contributed by atoms with Crippen LogP contribution >= 0.6 is 11.3 Å². The highest BCUT2D eigenvalue weighted by molar-refractivity contribution is 7.13. The van der Waals surface area contributed by atoms with Crippen molar-refractivity contribution in [3.63, 3.8) is 0 Å². The van der Waals surface area contributed by atoms with Crippen molar-refractivity contribution in [2.75, 3.05) is 13.1 Å². The van der Waals surface area contributed by atoms with Gasteiger partial charge in [0.25, 0.3) is 0 Å². The van der Waals surface area contributed by atoms with Crippen LogP contribution in [0.3, 0.4) is 0 Å².